The van der Waals surface area contributed by atoms with Crippen molar-refractivity contribution < 1.29 is 83.8 Å². The standard InChI is InChI=1S/2Ba.H2O8S2.2Ti.4H/c;;1-9(2,3)7-8-10(4,5)6;;;;;;/h;;(H,1,2,3)(H,4,5,6);;;;;;/q2*+2;;;;4*-1. The van der Waals surface area contributed by atoms with E-state index >= 15 is 0 Å². The Morgan fingerprint density at radius 1 is 0.786 bits per heavy atom. The molecule has 0 aliphatic rings. The molecule has 8 nitrogen and oxygen atoms in total. The molecule has 0 spiro atoms. The molecule has 0 unspecified atom stereocenters. The molecule has 0 heterocycles. The minimum absolute atomic E-state index is 0. The van der Waals surface area contributed by atoms with E-state index in [1.165, 1.54) is 0 Å². The second-order valence-electron chi connectivity index (χ2n) is 0.992. The average molecular weight is 569 g/mol. The molecule has 0 aromatic heterocycles. The third-order valence-corrected chi connectivity index (χ3v) is 0.766. The molecule has 0 saturated carbocycles. The van der Waals surface area contributed by atoms with Gasteiger partial charge >= 0.3 is 119 Å². The Balaban J connectivity index is -0.0000000145. The molecule has 0 saturated heterocycles. The zero-order valence-corrected chi connectivity index (χ0v) is 20.2. The quantitative estimate of drug-likeness (QED) is 0.177. The molecule has 0 aromatic rings. The Bertz CT molecular complexity index is 273. The van der Waals surface area contributed by atoms with E-state index in [4.69, 9.17) is 9.11 Å². The SMILES string of the molecule is O=S(=O)(O)OOS(=O)(=O)O.[Ba+2].[Ba+2].[H-].[H-].[H-].[H-].[Ti].[Ti]. The molecule has 0 aromatic carbocycles. The van der Waals surface area contributed by atoms with Gasteiger partial charge in [0.15, 0.2) is 0 Å². The fourth-order valence-electron chi connectivity index (χ4n) is 0.0702. The van der Waals surface area contributed by atoms with Crippen LogP contribution < -0.4 is 0 Å². The van der Waals surface area contributed by atoms with E-state index in [1.54, 1.807) is 0 Å². The van der Waals surface area contributed by atoms with Crippen LogP contribution in [-0.4, -0.2) is 124 Å². The monoisotopic (exact) mass is 570 g/mol. The van der Waals surface area contributed by atoms with Crippen molar-refractivity contribution in [3.8, 4) is 0 Å². The molecular weight excluding hydrogens is 563 g/mol. The molecule has 0 radical (unpaired) electrons. The molecule has 0 bridgehead atoms. The van der Waals surface area contributed by atoms with Crippen LogP contribution in [-0.2, 0) is 72.9 Å². The van der Waals surface area contributed by atoms with E-state index in [-0.39, 0.29) is 147 Å². The van der Waals surface area contributed by atoms with E-state index in [0.29, 0.717) is 0 Å². The molecule has 0 aliphatic carbocycles. The van der Waals surface area contributed by atoms with E-state index < -0.39 is 20.8 Å². The van der Waals surface area contributed by atoms with E-state index in [0.717, 1.165) is 0 Å². The van der Waals surface area contributed by atoms with Crippen LogP contribution in [0.15, 0.2) is 0 Å². The molecule has 14 heteroatoms. The number of hydrogen-bond acceptors (Lipinski definition) is 6. The first-order chi connectivity index (χ1) is 4.21. The van der Waals surface area contributed by atoms with Crippen LogP contribution in [0.3, 0.4) is 0 Å². The van der Waals surface area contributed by atoms with Crippen LogP contribution in [0, 0.1) is 0 Å². The van der Waals surface area contributed by atoms with Gasteiger partial charge in [0, 0.05) is 43.4 Å². The van der Waals surface area contributed by atoms with Gasteiger partial charge in [-0.05, 0) is 0 Å². The molecule has 0 aliphatic heterocycles. The Labute approximate surface area is 197 Å². The predicted molar refractivity (Wildman–Crippen MR) is 41.2 cm³/mol. The van der Waals surface area contributed by atoms with Crippen LogP contribution in [0.25, 0.3) is 0 Å². The maximum atomic E-state index is 9.51. The summed E-state index contributed by atoms with van der Waals surface area (Å²) in [6, 6.07) is 0. The molecule has 2 N–H and O–H groups in total. The van der Waals surface area contributed by atoms with Crippen LogP contribution in [0.5, 0.6) is 0 Å². The molecule has 78 valence electrons. The Hall–Kier alpha value is 4.31. The van der Waals surface area contributed by atoms with Crippen molar-refractivity contribution in [2.24, 2.45) is 0 Å². The number of hydrogen-bond donors (Lipinski definition) is 2. The van der Waals surface area contributed by atoms with Gasteiger partial charge in [-0.25, -0.2) is 0 Å². The van der Waals surface area contributed by atoms with Gasteiger partial charge in [0.2, 0.25) is 0 Å². The Morgan fingerprint density at radius 2 is 0.929 bits per heavy atom. The Morgan fingerprint density at radius 3 is 1.00 bits per heavy atom. The summed E-state index contributed by atoms with van der Waals surface area (Å²) in [5, 5.41) is 0. The minimum atomic E-state index is -5.02. The zero-order chi connectivity index (χ0) is 8.41. The summed E-state index contributed by atoms with van der Waals surface area (Å²) in [5.74, 6) is 0. The van der Waals surface area contributed by atoms with E-state index in [2.05, 4.69) is 8.67 Å². The Kier molecular flexibility index (Phi) is 30.4. The maximum absolute atomic E-state index is 9.51. The van der Waals surface area contributed by atoms with Crippen LogP contribution >= 0.6 is 0 Å². The van der Waals surface area contributed by atoms with Crippen molar-refractivity contribution in [2.75, 3.05) is 0 Å². The van der Waals surface area contributed by atoms with Gasteiger partial charge in [0.25, 0.3) is 0 Å². The van der Waals surface area contributed by atoms with Gasteiger partial charge in [-0.1, -0.05) is 8.67 Å². The van der Waals surface area contributed by atoms with Crippen molar-refractivity contribution in [1.29, 1.82) is 0 Å². The third-order valence-electron chi connectivity index (χ3n) is 0.200. The van der Waals surface area contributed by atoms with Gasteiger partial charge in [-0.15, -0.1) is 0 Å². The molecule has 0 amide bonds. The molecule has 14 heavy (non-hydrogen) atoms. The van der Waals surface area contributed by atoms with Crippen molar-refractivity contribution >= 4 is 119 Å². The van der Waals surface area contributed by atoms with Crippen LogP contribution in [0.2, 0.25) is 0 Å². The largest absolute Gasteiger partial charge is 2.00 e. The fourth-order valence-corrected chi connectivity index (χ4v) is 0.632. The fraction of sp³-hybridized carbons (Fsp3) is 0. The van der Waals surface area contributed by atoms with E-state index in [9.17, 15) is 16.8 Å². The summed E-state index contributed by atoms with van der Waals surface area (Å²) in [4.78, 5) is 0. The average Bonchev–Trinajstić information content (AvgIpc) is 1.57. The predicted octanol–water partition coefficient (Wildman–Crippen LogP) is -1.78. The maximum Gasteiger partial charge on any atom is 2.00 e. The second-order valence-corrected chi connectivity index (χ2v) is 2.97. The minimum Gasteiger partial charge on any atom is -1.00 e. The third kappa shape index (κ3) is 29.9. The van der Waals surface area contributed by atoms with Gasteiger partial charge in [-0.3, -0.25) is 9.11 Å². The first-order valence-electron chi connectivity index (χ1n) is 1.53. The van der Waals surface area contributed by atoms with Gasteiger partial charge < -0.3 is 5.71 Å². The molecular formula is H6Ba2O8S2Ti2. The second kappa shape index (κ2) is 13.7. The van der Waals surface area contributed by atoms with Crippen molar-refractivity contribution in [2.45, 2.75) is 0 Å². The van der Waals surface area contributed by atoms with Gasteiger partial charge in [0.1, 0.15) is 0 Å². The first kappa shape index (κ1) is 31.0. The summed E-state index contributed by atoms with van der Waals surface area (Å²) in [5.41, 5.74) is 0. The summed E-state index contributed by atoms with van der Waals surface area (Å²) in [6.45, 7) is 0. The zero-order valence-electron chi connectivity index (χ0n) is 10.6. The summed E-state index contributed by atoms with van der Waals surface area (Å²) in [7, 11) is -10.0. The van der Waals surface area contributed by atoms with Gasteiger partial charge in [-0.2, -0.15) is 16.8 Å². The summed E-state index contributed by atoms with van der Waals surface area (Å²) < 4.78 is 58.9. The van der Waals surface area contributed by atoms with Crippen LogP contribution in [0.4, 0.5) is 0 Å². The first-order valence-corrected chi connectivity index (χ1v) is 4.26. The summed E-state index contributed by atoms with van der Waals surface area (Å²) >= 11 is 0. The van der Waals surface area contributed by atoms with Crippen molar-refractivity contribution in [3.63, 3.8) is 0 Å². The normalized spacial score (nSPS) is 9.57. The van der Waals surface area contributed by atoms with Crippen molar-refractivity contribution in [1.82, 2.24) is 0 Å². The molecule has 0 fully saturated rings. The number of rotatable bonds is 3. The summed E-state index contributed by atoms with van der Waals surface area (Å²) in [6.07, 6.45) is 0. The van der Waals surface area contributed by atoms with Crippen molar-refractivity contribution in [3.05, 3.63) is 0 Å². The topological polar surface area (TPSA) is 127 Å². The smallest absolute Gasteiger partial charge is 1.00 e. The molecule has 0 rings (SSSR count). The van der Waals surface area contributed by atoms with E-state index in [1.807, 2.05) is 0 Å². The van der Waals surface area contributed by atoms with Gasteiger partial charge in [0.05, 0.1) is 0 Å². The molecule has 0 atom stereocenters. The van der Waals surface area contributed by atoms with Crippen LogP contribution in [0.1, 0.15) is 5.71 Å².